The number of nitrogens with one attached hydrogen (secondary N) is 1. The number of benzene rings is 1. The SMILES string of the molecule is COc1ccc(CC2(C(C)C)CCC(=O)N2)cc1Cl. The minimum Gasteiger partial charge on any atom is -0.495 e. The average Bonchev–Trinajstić information content (AvgIpc) is 2.72. The van der Waals surface area contributed by atoms with Crippen molar-refractivity contribution in [3.63, 3.8) is 0 Å². The predicted octanol–water partition coefficient (Wildman–Crippen LogP) is 3.20. The minimum absolute atomic E-state index is 0.144. The van der Waals surface area contributed by atoms with Crippen LogP contribution in [0.1, 0.15) is 32.3 Å². The van der Waals surface area contributed by atoms with E-state index in [1.807, 2.05) is 18.2 Å². The number of hydrogen-bond acceptors (Lipinski definition) is 2. The van der Waals surface area contributed by atoms with Gasteiger partial charge >= 0.3 is 0 Å². The molecule has 4 heteroatoms. The maximum atomic E-state index is 11.6. The Labute approximate surface area is 119 Å². The van der Waals surface area contributed by atoms with Crippen LogP contribution in [0.25, 0.3) is 0 Å². The lowest BCUT2D eigenvalue weighted by atomic mass is 9.80. The summed E-state index contributed by atoms with van der Waals surface area (Å²) in [6.07, 6.45) is 2.30. The van der Waals surface area contributed by atoms with E-state index in [1.54, 1.807) is 7.11 Å². The van der Waals surface area contributed by atoms with Crippen molar-refractivity contribution < 1.29 is 9.53 Å². The molecule has 0 aliphatic carbocycles. The van der Waals surface area contributed by atoms with Gasteiger partial charge in [0.25, 0.3) is 0 Å². The van der Waals surface area contributed by atoms with Crippen molar-refractivity contribution >= 4 is 17.5 Å². The Hall–Kier alpha value is -1.22. The van der Waals surface area contributed by atoms with Crippen molar-refractivity contribution in [3.05, 3.63) is 28.8 Å². The van der Waals surface area contributed by atoms with Gasteiger partial charge in [-0.1, -0.05) is 31.5 Å². The van der Waals surface area contributed by atoms with Crippen LogP contribution in [0, 0.1) is 5.92 Å². The van der Waals surface area contributed by atoms with Gasteiger partial charge in [-0.25, -0.2) is 0 Å². The van der Waals surface area contributed by atoms with E-state index in [0.717, 1.165) is 18.4 Å². The van der Waals surface area contributed by atoms with Crippen molar-refractivity contribution in [2.24, 2.45) is 5.92 Å². The number of hydrogen-bond donors (Lipinski definition) is 1. The molecule has 1 heterocycles. The molecule has 0 radical (unpaired) electrons. The molecule has 104 valence electrons. The van der Waals surface area contributed by atoms with E-state index >= 15 is 0 Å². The fourth-order valence-corrected chi connectivity index (χ4v) is 2.97. The van der Waals surface area contributed by atoms with Crippen molar-refractivity contribution in [2.45, 2.75) is 38.6 Å². The zero-order chi connectivity index (χ0) is 14.0. The molecule has 1 aliphatic rings. The summed E-state index contributed by atoms with van der Waals surface area (Å²) in [5.41, 5.74) is 0.983. The first-order valence-corrected chi connectivity index (χ1v) is 6.98. The molecule has 1 aromatic carbocycles. The number of halogens is 1. The predicted molar refractivity (Wildman–Crippen MR) is 76.7 cm³/mol. The summed E-state index contributed by atoms with van der Waals surface area (Å²) in [4.78, 5) is 11.6. The van der Waals surface area contributed by atoms with Crippen LogP contribution >= 0.6 is 11.6 Å². The summed E-state index contributed by atoms with van der Waals surface area (Å²) >= 11 is 6.16. The molecule has 3 nitrogen and oxygen atoms in total. The lowest BCUT2D eigenvalue weighted by molar-refractivity contribution is -0.120. The molecule has 0 bridgehead atoms. The molecular formula is C15H20ClNO2. The summed E-state index contributed by atoms with van der Waals surface area (Å²) in [5, 5.41) is 3.76. The minimum atomic E-state index is -0.144. The molecule has 1 aromatic rings. The van der Waals surface area contributed by atoms with Crippen LogP contribution < -0.4 is 10.1 Å². The molecule has 1 aliphatic heterocycles. The Morgan fingerprint density at radius 3 is 2.68 bits per heavy atom. The summed E-state index contributed by atoms with van der Waals surface area (Å²) in [6, 6.07) is 5.82. The van der Waals surface area contributed by atoms with Crippen LogP contribution in [0.5, 0.6) is 5.75 Å². The van der Waals surface area contributed by atoms with E-state index in [1.165, 1.54) is 0 Å². The van der Waals surface area contributed by atoms with E-state index in [2.05, 4.69) is 19.2 Å². The Kier molecular flexibility index (Phi) is 4.04. The molecule has 1 unspecified atom stereocenters. The Bertz CT molecular complexity index is 487. The molecule has 0 saturated carbocycles. The summed E-state index contributed by atoms with van der Waals surface area (Å²) < 4.78 is 5.16. The van der Waals surface area contributed by atoms with Gasteiger partial charge in [-0.2, -0.15) is 0 Å². The first-order chi connectivity index (χ1) is 8.97. The second kappa shape index (κ2) is 5.41. The molecule has 1 saturated heterocycles. The molecule has 1 N–H and O–H groups in total. The summed E-state index contributed by atoms with van der Waals surface area (Å²) in [7, 11) is 1.60. The number of ether oxygens (including phenoxy) is 1. The highest BCUT2D eigenvalue weighted by Crippen LogP contribution is 2.34. The second-order valence-corrected chi connectivity index (χ2v) is 5.91. The zero-order valence-electron chi connectivity index (χ0n) is 11.6. The normalized spacial score (nSPS) is 22.7. The van der Waals surface area contributed by atoms with E-state index < -0.39 is 0 Å². The standard InChI is InChI=1S/C15H20ClNO2/c1-10(2)15(7-6-14(18)17-15)9-11-4-5-13(19-3)12(16)8-11/h4-5,8,10H,6-7,9H2,1-3H3,(H,17,18). The highest BCUT2D eigenvalue weighted by Gasteiger charge is 2.40. The molecule has 0 spiro atoms. The van der Waals surface area contributed by atoms with Gasteiger partial charge in [-0.15, -0.1) is 0 Å². The van der Waals surface area contributed by atoms with Gasteiger partial charge in [-0.3, -0.25) is 4.79 Å². The third-order valence-corrected chi connectivity index (χ3v) is 4.32. The maximum absolute atomic E-state index is 11.6. The van der Waals surface area contributed by atoms with E-state index in [0.29, 0.717) is 23.1 Å². The molecule has 1 atom stereocenters. The number of rotatable bonds is 4. The second-order valence-electron chi connectivity index (χ2n) is 5.50. The van der Waals surface area contributed by atoms with Crippen LogP contribution in [0.15, 0.2) is 18.2 Å². The van der Waals surface area contributed by atoms with Gasteiger partial charge in [0.05, 0.1) is 12.1 Å². The quantitative estimate of drug-likeness (QED) is 0.920. The highest BCUT2D eigenvalue weighted by atomic mass is 35.5. The molecule has 2 rings (SSSR count). The Morgan fingerprint density at radius 1 is 1.47 bits per heavy atom. The van der Waals surface area contributed by atoms with Crippen LogP contribution in [0.4, 0.5) is 0 Å². The van der Waals surface area contributed by atoms with Gasteiger partial charge in [0.1, 0.15) is 5.75 Å². The molecule has 19 heavy (non-hydrogen) atoms. The topological polar surface area (TPSA) is 38.3 Å². The van der Waals surface area contributed by atoms with Crippen molar-refractivity contribution in [1.29, 1.82) is 0 Å². The lowest BCUT2D eigenvalue weighted by Gasteiger charge is -2.33. The Morgan fingerprint density at radius 2 is 2.21 bits per heavy atom. The highest BCUT2D eigenvalue weighted by molar-refractivity contribution is 6.32. The van der Waals surface area contributed by atoms with Crippen LogP contribution in [-0.4, -0.2) is 18.6 Å². The number of methoxy groups -OCH3 is 1. The van der Waals surface area contributed by atoms with E-state index in [-0.39, 0.29) is 11.4 Å². The third-order valence-electron chi connectivity index (χ3n) is 4.03. The molecule has 1 amide bonds. The van der Waals surface area contributed by atoms with E-state index in [9.17, 15) is 4.79 Å². The van der Waals surface area contributed by atoms with Crippen molar-refractivity contribution in [3.8, 4) is 5.75 Å². The van der Waals surface area contributed by atoms with Gasteiger partial charge in [0, 0.05) is 12.0 Å². The maximum Gasteiger partial charge on any atom is 0.220 e. The monoisotopic (exact) mass is 281 g/mol. The molecule has 1 fully saturated rings. The number of carbonyl (C=O) groups excluding carboxylic acids is 1. The molecular weight excluding hydrogens is 262 g/mol. The third kappa shape index (κ3) is 2.86. The van der Waals surface area contributed by atoms with Crippen molar-refractivity contribution in [2.75, 3.05) is 7.11 Å². The van der Waals surface area contributed by atoms with Crippen LogP contribution in [-0.2, 0) is 11.2 Å². The van der Waals surface area contributed by atoms with Gasteiger partial charge in [0.15, 0.2) is 0 Å². The van der Waals surface area contributed by atoms with Crippen LogP contribution in [0.3, 0.4) is 0 Å². The van der Waals surface area contributed by atoms with E-state index in [4.69, 9.17) is 16.3 Å². The average molecular weight is 282 g/mol. The lowest BCUT2D eigenvalue weighted by Crippen LogP contribution is -2.48. The van der Waals surface area contributed by atoms with Crippen LogP contribution in [0.2, 0.25) is 5.02 Å². The number of carbonyl (C=O) groups is 1. The zero-order valence-corrected chi connectivity index (χ0v) is 12.4. The van der Waals surface area contributed by atoms with Gasteiger partial charge in [0.2, 0.25) is 5.91 Å². The Balaban J connectivity index is 2.23. The largest absolute Gasteiger partial charge is 0.495 e. The summed E-state index contributed by atoms with van der Waals surface area (Å²) in [5.74, 6) is 1.22. The van der Waals surface area contributed by atoms with Crippen molar-refractivity contribution in [1.82, 2.24) is 5.32 Å². The van der Waals surface area contributed by atoms with Gasteiger partial charge in [-0.05, 0) is 36.5 Å². The first-order valence-electron chi connectivity index (χ1n) is 6.60. The fourth-order valence-electron chi connectivity index (χ4n) is 2.69. The molecule has 0 aromatic heterocycles. The smallest absolute Gasteiger partial charge is 0.220 e. The number of amides is 1. The summed E-state index contributed by atoms with van der Waals surface area (Å²) in [6.45, 7) is 4.30. The first kappa shape index (κ1) is 14.2. The fraction of sp³-hybridized carbons (Fsp3) is 0.533. The van der Waals surface area contributed by atoms with Gasteiger partial charge < -0.3 is 10.1 Å².